The second-order valence-electron chi connectivity index (χ2n) is 24.3. The third kappa shape index (κ3) is 17.7. The lowest BCUT2D eigenvalue weighted by atomic mass is 9.95. The normalized spacial score (nSPS) is 22.7. The van der Waals surface area contributed by atoms with Gasteiger partial charge in [0.1, 0.15) is 70.7 Å². The molecule has 2 aliphatic rings. The van der Waals surface area contributed by atoms with Crippen molar-refractivity contribution in [1.29, 1.82) is 0 Å². The lowest BCUT2D eigenvalue weighted by molar-refractivity contribution is -0.147. The molecule has 1 unspecified atom stereocenters. The number of halogens is 2. The monoisotopic (exact) mass is 1380 g/mol. The van der Waals surface area contributed by atoms with Crippen LogP contribution in [0.3, 0.4) is 0 Å². The van der Waals surface area contributed by atoms with Crippen LogP contribution in [0.15, 0.2) is 116 Å². The molecule has 514 valence electrons. The van der Waals surface area contributed by atoms with Crippen molar-refractivity contribution in [2.45, 2.75) is 125 Å². The van der Waals surface area contributed by atoms with E-state index in [1.165, 1.54) is 127 Å². The predicted molar refractivity (Wildman–Crippen MR) is 358 cm³/mol. The number of carboxylic acids is 1. The van der Waals surface area contributed by atoms with Crippen molar-refractivity contribution in [3.05, 3.63) is 173 Å². The first kappa shape index (κ1) is 70.2. The van der Waals surface area contributed by atoms with Crippen LogP contribution in [0.25, 0.3) is 21.8 Å². The van der Waals surface area contributed by atoms with E-state index in [1.807, 2.05) is 24.3 Å². The molecule has 2 aliphatic heterocycles. The van der Waals surface area contributed by atoms with E-state index in [4.69, 9.17) is 5.73 Å². The van der Waals surface area contributed by atoms with Gasteiger partial charge in [0.2, 0.25) is 47.3 Å². The van der Waals surface area contributed by atoms with Crippen LogP contribution in [0.4, 0.5) is 8.78 Å². The average Bonchev–Trinajstić information content (AvgIpc) is 1.57. The Bertz CT molecular complexity index is 4280. The van der Waals surface area contributed by atoms with Crippen LogP contribution >= 0.6 is 23.5 Å². The molecule has 0 radical (unpaired) electrons. The smallest absolute Gasteiger partial charge is 0.305 e. The third-order valence-electron chi connectivity index (χ3n) is 17.1. The van der Waals surface area contributed by atoms with Gasteiger partial charge in [-0.05, 0) is 103 Å². The van der Waals surface area contributed by atoms with Gasteiger partial charge in [0.05, 0.1) is 25.0 Å². The largest absolute Gasteiger partial charge is 0.508 e. The number of primary amides is 1. The van der Waals surface area contributed by atoms with Crippen LogP contribution in [-0.4, -0.2) is 164 Å². The molecule has 1 fully saturated rings. The van der Waals surface area contributed by atoms with Gasteiger partial charge in [-0.25, -0.2) is 18.7 Å². The molecular weight excluding hydrogens is 1310 g/mol. The van der Waals surface area contributed by atoms with Gasteiger partial charge in [-0.15, -0.1) is 0 Å². The molecule has 9 amide bonds. The molecular formula is C67H73F2N15O12S2. The molecule has 0 aliphatic carbocycles. The number of thioether (sulfide) groups is 2. The molecule has 0 saturated carbocycles. The number of nitrogens with two attached hydrogens (primary N) is 1. The van der Waals surface area contributed by atoms with Crippen molar-refractivity contribution in [1.82, 2.24) is 72.0 Å². The van der Waals surface area contributed by atoms with Gasteiger partial charge in [0.15, 0.2) is 0 Å². The molecule has 8 aromatic rings. The van der Waals surface area contributed by atoms with Crippen LogP contribution in [-0.2, 0) is 80.3 Å². The van der Waals surface area contributed by atoms with E-state index in [1.54, 1.807) is 6.92 Å². The number of carbonyl (C=O) groups is 10. The van der Waals surface area contributed by atoms with Crippen molar-refractivity contribution in [3.63, 3.8) is 0 Å². The van der Waals surface area contributed by atoms with Gasteiger partial charge in [0.25, 0.3) is 5.91 Å². The van der Waals surface area contributed by atoms with Crippen LogP contribution in [0.5, 0.6) is 5.75 Å². The van der Waals surface area contributed by atoms with Crippen molar-refractivity contribution >= 4 is 104 Å². The van der Waals surface area contributed by atoms with Crippen molar-refractivity contribution < 1.29 is 66.9 Å². The van der Waals surface area contributed by atoms with Gasteiger partial charge < -0.3 is 78.0 Å². The van der Waals surface area contributed by atoms with Crippen molar-refractivity contribution in [2.24, 2.45) is 5.73 Å². The van der Waals surface area contributed by atoms with E-state index in [2.05, 4.69) is 67.1 Å². The summed E-state index contributed by atoms with van der Waals surface area (Å²) in [4.78, 5) is 165. The highest BCUT2D eigenvalue weighted by molar-refractivity contribution is 7.98. The maximum Gasteiger partial charge on any atom is 0.305 e. The summed E-state index contributed by atoms with van der Waals surface area (Å²) in [6, 6.07) is 10.7. The number of phenolic OH excluding ortho intramolecular Hbond substituents is 1. The molecule has 31 heteroatoms. The minimum atomic E-state index is -2.03. The van der Waals surface area contributed by atoms with E-state index in [0.29, 0.717) is 51.2 Å². The summed E-state index contributed by atoms with van der Waals surface area (Å²) < 4.78 is 29.8. The second-order valence-corrected chi connectivity index (χ2v) is 26.5. The number of fused-ring (bicyclic) bond motifs is 7. The summed E-state index contributed by atoms with van der Waals surface area (Å²) in [5.41, 5.74) is 8.24. The number of nitrogens with zero attached hydrogens (tertiary/aromatic N) is 3. The van der Waals surface area contributed by atoms with Crippen molar-refractivity contribution in [2.75, 3.05) is 18.1 Å². The molecule has 4 aromatic carbocycles. The number of aliphatic carboxylic acids is 1. The van der Waals surface area contributed by atoms with Gasteiger partial charge in [-0.3, -0.25) is 47.9 Å². The van der Waals surface area contributed by atoms with Gasteiger partial charge in [0, 0.05) is 108 Å². The maximum absolute atomic E-state index is 15.2. The van der Waals surface area contributed by atoms with E-state index in [-0.39, 0.29) is 84.2 Å². The molecule has 6 heterocycles. The summed E-state index contributed by atoms with van der Waals surface area (Å²) in [6.07, 6.45) is 4.86. The summed E-state index contributed by atoms with van der Waals surface area (Å²) in [7, 11) is 0. The van der Waals surface area contributed by atoms with Gasteiger partial charge in [-0.2, -0.15) is 23.5 Å². The number of nitrogens with one attached hydrogen (secondary N) is 11. The molecule has 98 heavy (non-hydrogen) atoms. The first-order valence-electron chi connectivity index (χ1n) is 31.5. The van der Waals surface area contributed by atoms with Gasteiger partial charge in [-0.1, -0.05) is 36.4 Å². The quantitative estimate of drug-likeness (QED) is 0.0878. The highest BCUT2D eigenvalue weighted by atomic mass is 32.2. The molecule has 1 saturated heterocycles. The first-order chi connectivity index (χ1) is 47.0. The number of aromatic amines is 4. The summed E-state index contributed by atoms with van der Waals surface area (Å²) in [5.74, 6) is -9.20. The minimum Gasteiger partial charge on any atom is -0.508 e. The van der Waals surface area contributed by atoms with Crippen LogP contribution < -0.4 is 43.0 Å². The fraction of sp³-hybridized carbons (Fsp3) is 0.343. The fourth-order valence-electron chi connectivity index (χ4n) is 11.9. The Morgan fingerprint density at radius 1 is 0.684 bits per heavy atom. The average molecular weight is 1380 g/mol. The molecule has 0 spiro atoms. The zero-order valence-electron chi connectivity index (χ0n) is 53.2. The SMILES string of the molecule is CC1NC(=O)CCSCc2cccc(c2)CSC[C@@H](C(N)=O)NC(=O)[C@]2(C)CCCN2C(=O)[C@H](Cc2ccc(O)cc2)NC(=O)[C@H](Cc2cnc[nH]2)NC(=O)[C@H](CC(=O)O)NC(=O)[C@H](Cc2c[nH]c3ccc(F)cc23)NC(=O)[C@H](Cc2c[nH]c3ccc(F)cc23)NC(=O)c2cnc1[nH]2. The van der Waals surface area contributed by atoms with Crippen molar-refractivity contribution in [3.8, 4) is 5.75 Å². The lowest BCUT2D eigenvalue weighted by Gasteiger charge is -2.37. The molecule has 8 atom stereocenters. The molecule has 15 N–H and O–H groups in total. The van der Waals surface area contributed by atoms with Crippen LogP contribution in [0.1, 0.15) is 95.4 Å². The Labute approximate surface area is 567 Å². The van der Waals surface area contributed by atoms with Crippen LogP contribution in [0.2, 0.25) is 0 Å². The number of benzene rings is 4. The molecule has 4 bridgehead atoms. The lowest BCUT2D eigenvalue weighted by Crippen LogP contribution is -2.63. The Hall–Kier alpha value is -10.6. The number of amides is 9. The third-order valence-corrected chi connectivity index (χ3v) is 19.3. The number of rotatable bonds is 11. The standard InChI is InChI=1S/C67H73F2N15O12S2/c1-35-59-74-30-54(77-59)64(94)79-50(22-40-28-73-48-14-10-42(69)24-46(40)48)60(90)78-49(21-39-27-72-47-13-9-41(68)23-45(39)47)61(91)81-52(26-57(87)88)63(93)80-51(25-43-29-71-34-75-43)62(92)82-53(20-36-7-11-44(85)12-8-36)65(95)84-17-4-16-67(84,2)66(96)83-55(58(70)89)33-98-32-38-6-3-5-37(19-38)31-97-18-15-56(86)76-35/h3,5-14,19,23-24,27-30,34-35,49-53,55,72-73,85H,4,15-18,20-22,25-26,31-33H2,1-2H3,(H2,70,89)(H,71,75)(H,74,77)(H,76,86)(H,78,90)(H,79,94)(H,80,93)(H,81,91)(H,82,92)(H,83,96)(H,87,88)/t35?,49-,50-,51-,52-,53-,55-,67-/m0/s1. The Kier molecular flexibility index (Phi) is 22.6. The maximum atomic E-state index is 15.2. The Morgan fingerprint density at radius 3 is 1.89 bits per heavy atom. The van der Waals surface area contributed by atoms with E-state index < -0.39 is 126 Å². The number of phenols is 1. The second kappa shape index (κ2) is 31.5. The molecule has 27 nitrogen and oxygen atoms in total. The fourth-order valence-corrected chi connectivity index (χ4v) is 13.8. The summed E-state index contributed by atoms with van der Waals surface area (Å²) in [6.45, 7) is 3.20. The zero-order valence-corrected chi connectivity index (χ0v) is 54.8. The summed E-state index contributed by atoms with van der Waals surface area (Å²) >= 11 is 2.86. The van der Waals surface area contributed by atoms with E-state index >= 15 is 19.2 Å². The number of hydrogen-bond donors (Lipinski definition) is 14. The number of H-pyrrole nitrogens is 4. The molecule has 4 aromatic heterocycles. The Balaban J connectivity index is 0.990. The molecule has 10 rings (SSSR count). The van der Waals surface area contributed by atoms with E-state index in [9.17, 15) is 47.8 Å². The van der Waals surface area contributed by atoms with Crippen LogP contribution in [0, 0.1) is 11.6 Å². The first-order valence-corrected chi connectivity index (χ1v) is 33.8. The minimum absolute atomic E-state index is 0.0255. The highest BCUT2D eigenvalue weighted by Gasteiger charge is 2.48. The number of hydrogen-bond acceptors (Lipinski definition) is 15. The number of aromatic hydroxyl groups is 1. The number of aromatic nitrogens is 6. The predicted octanol–water partition coefficient (Wildman–Crippen LogP) is 3.66. The number of carboxylic acid groups (broad SMARTS) is 1. The Morgan fingerprint density at radius 2 is 1.28 bits per heavy atom. The van der Waals surface area contributed by atoms with E-state index in [0.717, 1.165) is 11.1 Å². The van der Waals surface area contributed by atoms with Gasteiger partial charge >= 0.3 is 5.97 Å². The summed E-state index contributed by atoms with van der Waals surface area (Å²) in [5, 5.41) is 39.9. The number of carbonyl (C=O) groups excluding carboxylic acids is 9. The zero-order chi connectivity index (χ0) is 69.8. The topological polar surface area (TPSA) is 414 Å². The number of imidazole rings is 2. The highest BCUT2D eigenvalue weighted by Crippen LogP contribution is 2.32.